The topological polar surface area (TPSA) is 101 Å². The molecule has 32 heavy (non-hydrogen) atoms. The fourth-order valence-electron chi connectivity index (χ4n) is 2.79. The Balaban J connectivity index is 1.45. The van der Waals surface area contributed by atoms with E-state index in [4.69, 9.17) is 4.42 Å². The summed E-state index contributed by atoms with van der Waals surface area (Å²) in [5.41, 5.74) is 3.29. The normalized spacial score (nSPS) is 11.5. The molecule has 0 aliphatic rings. The van der Waals surface area contributed by atoms with Crippen molar-refractivity contribution in [3.05, 3.63) is 95.3 Å². The number of anilines is 1. The fraction of sp³-hybridized carbons (Fsp3) is 0. The number of nitrogens with one attached hydrogen (secondary N) is 2. The number of hydrogen-bond acceptors (Lipinski definition) is 6. The van der Waals surface area contributed by atoms with Crippen LogP contribution in [0.4, 0.5) is 10.1 Å². The number of rotatable bonds is 7. The van der Waals surface area contributed by atoms with Gasteiger partial charge < -0.3 is 4.42 Å². The average Bonchev–Trinajstić information content (AvgIpc) is 3.47. The molecule has 162 valence electrons. The molecule has 0 radical (unpaired) electrons. The van der Waals surface area contributed by atoms with Crippen LogP contribution in [-0.4, -0.2) is 20.5 Å². The highest BCUT2D eigenvalue weighted by Crippen LogP contribution is 2.23. The first kappa shape index (κ1) is 21.5. The molecule has 4 aromatic rings. The molecule has 10 heteroatoms. The minimum Gasteiger partial charge on any atom is -0.455 e. The molecule has 1 amide bonds. The number of halogens is 1. The van der Waals surface area contributed by atoms with Crippen LogP contribution in [0, 0.1) is 5.82 Å². The van der Waals surface area contributed by atoms with E-state index in [2.05, 4.69) is 15.2 Å². The highest BCUT2D eigenvalue weighted by molar-refractivity contribution is 7.94. The maximum absolute atomic E-state index is 13.1. The number of furan rings is 1. The molecule has 0 atom stereocenters. The zero-order valence-corrected chi connectivity index (χ0v) is 18.0. The van der Waals surface area contributed by atoms with Gasteiger partial charge in [-0.2, -0.15) is 5.10 Å². The monoisotopic (exact) mass is 469 g/mol. The Kier molecular flexibility index (Phi) is 6.15. The van der Waals surface area contributed by atoms with E-state index in [0.717, 1.165) is 11.3 Å². The maximum atomic E-state index is 13.1. The molecule has 2 N–H and O–H groups in total. The highest BCUT2D eigenvalue weighted by Gasteiger charge is 2.19. The first-order valence-electron chi connectivity index (χ1n) is 9.27. The molecule has 2 aromatic heterocycles. The largest absolute Gasteiger partial charge is 0.455 e. The van der Waals surface area contributed by atoms with Crippen molar-refractivity contribution < 1.29 is 22.0 Å². The molecule has 0 saturated carbocycles. The molecule has 4 rings (SSSR count). The van der Waals surface area contributed by atoms with Crippen molar-refractivity contribution in [1.82, 2.24) is 5.43 Å². The number of hydrazone groups is 1. The van der Waals surface area contributed by atoms with E-state index in [1.54, 1.807) is 47.8 Å². The van der Waals surface area contributed by atoms with Crippen molar-refractivity contribution in [3.63, 3.8) is 0 Å². The van der Waals surface area contributed by atoms with Crippen LogP contribution in [0.15, 0.2) is 91.9 Å². The molecule has 0 unspecified atom stereocenters. The molecule has 0 aliphatic heterocycles. The van der Waals surface area contributed by atoms with Crippen molar-refractivity contribution in [1.29, 1.82) is 0 Å². The zero-order valence-electron chi connectivity index (χ0n) is 16.4. The van der Waals surface area contributed by atoms with E-state index >= 15 is 0 Å². The van der Waals surface area contributed by atoms with E-state index in [1.807, 2.05) is 0 Å². The number of benzene rings is 2. The predicted octanol–water partition coefficient (Wildman–Crippen LogP) is 4.71. The van der Waals surface area contributed by atoms with Crippen LogP contribution < -0.4 is 10.1 Å². The van der Waals surface area contributed by atoms with Crippen molar-refractivity contribution in [2.75, 3.05) is 4.72 Å². The Labute approximate surface area is 187 Å². The highest BCUT2D eigenvalue weighted by atomic mass is 32.2. The number of thiophene rings is 1. The molecule has 7 nitrogen and oxygen atoms in total. The van der Waals surface area contributed by atoms with E-state index in [9.17, 15) is 17.6 Å². The molecule has 0 aliphatic carbocycles. The van der Waals surface area contributed by atoms with E-state index in [1.165, 1.54) is 36.5 Å². The van der Waals surface area contributed by atoms with Gasteiger partial charge in [-0.25, -0.2) is 18.2 Å². The van der Waals surface area contributed by atoms with E-state index in [0.29, 0.717) is 17.1 Å². The third kappa shape index (κ3) is 4.93. The van der Waals surface area contributed by atoms with Crippen LogP contribution >= 0.6 is 11.3 Å². The molecular formula is C22H16FN3O4S2. The van der Waals surface area contributed by atoms with Crippen LogP contribution in [0.5, 0.6) is 0 Å². The Morgan fingerprint density at radius 3 is 2.53 bits per heavy atom. The van der Waals surface area contributed by atoms with Crippen molar-refractivity contribution >= 4 is 39.2 Å². The first-order valence-corrected chi connectivity index (χ1v) is 11.6. The second-order valence-electron chi connectivity index (χ2n) is 6.49. The van der Waals surface area contributed by atoms with E-state index < -0.39 is 15.9 Å². The summed E-state index contributed by atoms with van der Waals surface area (Å²) in [6.45, 7) is 0. The minimum absolute atomic E-state index is 0.108. The molecule has 2 aromatic carbocycles. The third-order valence-corrected chi connectivity index (χ3v) is 7.05. The smallest absolute Gasteiger partial charge is 0.273 e. The Morgan fingerprint density at radius 2 is 1.78 bits per heavy atom. The van der Waals surface area contributed by atoms with Gasteiger partial charge >= 0.3 is 0 Å². The number of nitrogens with zero attached hydrogens (tertiary/aromatic N) is 1. The zero-order chi connectivity index (χ0) is 22.6. The maximum Gasteiger partial charge on any atom is 0.273 e. The van der Waals surface area contributed by atoms with Gasteiger partial charge in [0.2, 0.25) is 0 Å². The first-order chi connectivity index (χ1) is 15.4. The lowest BCUT2D eigenvalue weighted by atomic mass is 10.2. The van der Waals surface area contributed by atoms with Crippen LogP contribution in [-0.2, 0) is 10.0 Å². The van der Waals surface area contributed by atoms with Crippen LogP contribution in [0.25, 0.3) is 11.3 Å². The quantitative estimate of drug-likeness (QED) is 0.302. The van der Waals surface area contributed by atoms with Gasteiger partial charge in [0.05, 0.1) is 17.5 Å². The van der Waals surface area contributed by atoms with Gasteiger partial charge in [0, 0.05) is 5.56 Å². The Morgan fingerprint density at radius 1 is 1.00 bits per heavy atom. The van der Waals surface area contributed by atoms with Gasteiger partial charge in [0.1, 0.15) is 21.5 Å². The summed E-state index contributed by atoms with van der Waals surface area (Å²) in [7, 11) is -3.80. The van der Waals surface area contributed by atoms with Gasteiger partial charge in [-0.15, -0.1) is 11.3 Å². The van der Waals surface area contributed by atoms with Crippen LogP contribution in [0.1, 0.15) is 16.1 Å². The van der Waals surface area contributed by atoms with E-state index in [-0.39, 0.29) is 21.3 Å². The standard InChI is InChI=1S/C22H16FN3O4S2/c23-16-9-7-15(8-10-16)20-12-11-17(30-20)14-24-25-22(27)18-4-1-2-5-19(18)26-32(28,29)21-6-3-13-31-21/h1-14,26H,(H,25,27)/b24-14+. The third-order valence-electron chi connectivity index (χ3n) is 4.29. The molecule has 2 heterocycles. The fourth-order valence-corrected chi connectivity index (χ4v) is 4.86. The minimum atomic E-state index is -3.80. The second-order valence-corrected chi connectivity index (χ2v) is 9.35. The summed E-state index contributed by atoms with van der Waals surface area (Å²) in [5.74, 6) is -0.0544. The number of carbonyl (C=O) groups excluding carboxylic acids is 1. The lowest BCUT2D eigenvalue weighted by Crippen LogP contribution is -2.21. The average molecular weight is 470 g/mol. The number of hydrogen-bond donors (Lipinski definition) is 2. The number of sulfonamides is 1. The molecule has 0 spiro atoms. The van der Waals surface area contributed by atoms with Crippen molar-refractivity contribution in [2.45, 2.75) is 4.21 Å². The van der Waals surface area contributed by atoms with Crippen LogP contribution in [0.2, 0.25) is 0 Å². The van der Waals surface area contributed by atoms with Crippen molar-refractivity contribution in [2.24, 2.45) is 5.10 Å². The van der Waals surface area contributed by atoms with Gasteiger partial charge in [-0.1, -0.05) is 18.2 Å². The summed E-state index contributed by atoms with van der Waals surface area (Å²) in [6, 6.07) is 18.5. The number of amides is 1. The number of carbonyl (C=O) groups is 1. The number of para-hydroxylation sites is 1. The molecule has 0 fully saturated rings. The van der Waals surface area contributed by atoms with Crippen molar-refractivity contribution in [3.8, 4) is 11.3 Å². The van der Waals surface area contributed by atoms with Gasteiger partial charge in [0.15, 0.2) is 0 Å². The summed E-state index contributed by atoms with van der Waals surface area (Å²) >= 11 is 1.07. The Bertz CT molecular complexity index is 1360. The van der Waals surface area contributed by atoms with Gasteiger partial charge in [-0.3, -0.25) is 9.52 Å². The summed E-state index contributed by atoms with van der Waals surface area (Å²) in [6.07, 6.45) is 1.31. The lowest BCUT2D eigenvalue weighted by Gasteiger charge is -2.10. The molecular weight excluding hydrogens is 453 g/mol. The Hall–Kier alpha value is -3.76. The molecule has 0 saturated heterocycles. The van der Waals surface area contributed by atoms with Crippen LogP contribution in [0.3, 0.4) is 0 Å². The molecule has 0 bridgehead atoms. The van der Waals surface area contributed by atoms with Gasteiger partial charge in [0.25, 0.3) is 15.9 Å². The second kappa shape index (κ2) is 9.16. The summed E-state index contributed by atoms with van der Waals surface area (Å²) in [5, 5.41) is 5.52. The summed E-state index contributed by atoms with van der Waals surface area (Å²) in [4.78, 5) is 12.6. The lowest BCUT2D eigenvalue weighted by molar-refractivity contribution is 0.0956. The predicted molar refractivity (Wildman–Crippen MR) is 121 cm³/mol. The SMILES string of the molecule is O=C(N/N=C/c1ccc(-c2ccc(F)cc2)o1)c1ccccc1NS(=O)(=O)c1cccs1. The summed E-state index contributed by atoms with van der Waals surface area (Å²) < 4.78 is 46.2. The van der Waals surface area contributed by atoms with Gasteiger partial charge in [-0.05, 0) is 60.0 Å².